The van der Waals surface area contributed by atoms with Crippen molar-refractivity contribution in [1.82, 2.24) is 9.88 Å². The molecule has 1 amide bonds. The fraction of sp³-hybridized carbons (Fsp3) is 0.250. The summed E-state index contributed by atoms with van der Waals surface area (Å²) in [5.41, 5.74) is 2.76. The van der Waals surface area contributed by atoms with E-state index in [0.717, 1.165) is 22.3 Å². The Morgan fingerprint density at radius 2 is 2.00 bits per heavy atom. The first-order valence-electron chi connectivity index (χ1n) is 8.37. The van der Waals surface area contributed by atoms with E-state index in [9.17, 15) is 4.79 Å². The number of carbonyl (C=O) groups excluding carboxylic acids is 1. The van der Waals surface area contributed by atoms with Gasteiger partial charge in [0.15, 0.2) is 0 Å². The van der Waals surface area contributed by atoms with Gasteiger partial charge in [0, 0.05) is 23.3 Å². The number of nitrogens with zero attached hydrogens (tertiary/aromatic N) is 1. The number of aromatic nitrogens is 1. The summed E-state index contributed by atoms with van der Waals surface area (Å²) < 4.78 is 11.1. The van der Waals surface area contributed by atoms with Crippen LogP contribution in [0.4, 0.5) is 0 Å². The van der Waals surface area contributed by atoms with Gasteiger partial charge in [-0.25, -0.2) is 0 Å². The molecule has 4 rings (SSSR count). The van der Waals surface area contributed by atoms with Gasteiger partial charge in [-0.1, -0.05) is 18.2 Å². The van der Waals surface area contributed by atoms with E-state index in [1.165, 1.54) is 0 Å². The Kier molecular flexibility index (Phi) is 4.15. The number of rotatable bonds is 3. The van der Waals surface area contributed by atoms with E-state index in [-0.39, 0.29) is 12.0 Å². The molecule has 1 N–H and O–H groups in total. The minimum Gasteiger partial charge on any atom is -0.497 e. The number of hydrogen-bond acceptors (Lipinski definition) is 3. The lowest BCUT2D eigenvalue weighted by Gasteiger charge is -2.32. The Hall–Kier alpha value is -2.79. The second-order valence-electron chi connectivity index (χ2n) is 6.15. The molecule has 0 radical (unpaired) electrons. The van der Waals surface area contributed by atoms with Crippen molar-refractivity contribution in [2.75, 3.05) is 26.8 Å². The van der Waals surface area contributed by atoms with Gasteiger partial charge in [-0.3, -0.25) is 4.79 Å². The number of fused-ring (bicyclic) bond motifs is 1. The Labute approximate surface area is 146 Å². The van der Waals surface area contributed by atoms with Crippen molar-refractivity contribution in [3.05, 3.63) is 65.9 Å². The van der Waals surface area contributed by atoms with E-state index in [1.807, 2.05) is 35.2 Å². The highest BCUT2D eigenvalue weighted by Gasteiger charge is 2.27. The summed E-state index contributed by atoms with van der Waals surface area (Å²) in [4.78, 5) is 18.0. The van der Waals surface area contributed by atoms with Crippen molar-refractivity contribution in [3.8, 4) is 5.75 Å². The van der Waals surface area contributed by atoms with Crippen LogP contribution in [-0.4, -0.2) is 42.6 Å². The predicted octanol–water partition coefficient (Wildman–Crippen LogP) is 3.39. The Balaban J connectivity index is 1.52. The average molecular weight is 336 g/mol. The van der Waals surface area contributed by atoms with Crippen LogP contribution >= 0.6 is 0 Å². The summed E-state index contributed by atoms with van der Waals surface area (Å²) >= 11 is 0. The maximum absolute atomic E-state index is 12.8. The smallest absolute Gasteiger partial charge is 0.254 e. The van der Waals surface area contributed by atoms with Crippen LogP contribution in [-0.2, 0) is 4.74 Å². The van der Waals surface area contributed by atoms with E-state index in [4.69, 9.17) is 9.47 Å². The standard InChI is InChI=1S/C20H20N2O3/c1-24-16-8-6-14(7-9-16)20(23)22-10-11-25-19(13-22)18-12-15-4-2-3-5-17(15)21-18/h2-9,12,19,21H,10-11,13H2,1H3. The van der Waals surface area contributed by atoms with Crippen molar-refractivity contribution in [2.24, 2.45) is 0 Å². The first-order valence-corrected chi connectivity index (χ1v) is 8.37. The normalized spacial score (nSPS) is 17.6. The average Bonchev–Trinajstić information content (AvgIpc) is 3.12. The Morgan fingerprint density at radius 1 is 1.20 bits per heavy atom. The summed E-state index contributed by atoms with van der Waals surface area (Å²) in [5.74, 6) is 0.765. The molecule has 0 bridgehead atoms. The molecule has 0 spiro atoms. The van der Waals surface area contributed by atoms with E-state index >= 15 is 0 Å². The maximum atomic E-state index is 12.8. The molecule has 1 saturated heterocycles. The second-order valence-corrected chi connectivity index (χ2v) is 6.15. The van der Waals surface area contributed by atoms with Gasteiger partial charge in [0.05, 0.1) is 20.3 Å². The third kappa shape index (κ3) is 3.10. The fourth-order valence-electron chi connectivity index (χ4n) is 3.21. The minimum absolute atomic E-state index is 0.0204. The highest BCUT2D eigenvalue weighted by atomic mass is 16.5. The van der Waals surface area contributed by atoms with E-state index in [1.54, 1.807) is 19.2 Å². The molecule has 2 aromatic carbocycles. The SMILES string of the molecule is COc1ccc(C(=O)N2CCOC(c3cc4ccccc4[nH]3)C2)cc1. The molecular weight excluding hydrogens is 316 g/mol. The molecule has 1 aliphatic rings. The van der Waals surface area contributed by atoms with Crippen LogP contribution in [0.5, 0.6) is 5.75 Å². The van der Waals surface area contributed by atoms with Crippen molar-refractivity contribution in [3.63, 3.8) is 0 Å². The molecule has 128 valence electrons. The maximum Gasteiger partial charge on any atom is 0.254 e. The Bertz CT molecular complexity index is 852. The monoisotopic (exact) mass is 336 g/mol. The third-order valence-corrected chi connectivity index (χ3v) is 4.59. The van der Waals surface area contributed by atoms with Crippen molar-refractivity contribution in [2.45, 2.75) is 6.10 Å². The molecular formula is C20H20N2O3. The number of morpholine rings is 1. The molecule has 5 nitrogen and oxygen atoms in total. The van der Waals surface area contributed by atoms with Gasteiger partial charge in [-0.05, 0) is 41.8 Å². The zero-order chi connectivity index (χ0) is 17.2. The highest BCUT2D eigenvalue weighted by molar-refractivity contribution is 5.94. The lowest BCUT2D eigenvalue weighted by Crippen LogP contribution is -2.42. The molecule has 5 heteroatoms. The first-order chi connectivity index (χ1) is 12.2. The molecule has 1 fully saturated rings. The molecule has 0 saturated carbocycles. The quantitative estimate of drug-likeness (QED) is 0.798. The zero-order valence-corrected chi connectivity index (χ0v) is 14.1. The molecule has 2 heterocycles. The third-order valence-electron chi connectivity index (χ3n) is 4.59. The van der Waals surface area contributed by atoms with Gasteiger partial charge in [0.25, 0.3) is 5.91 Å². The van der Waals surface area contributed by atoms with Crippen LogP contribution in [0.2, 0.25) is 0 Å². The fourth-order valence-corrected chi connectivity index (χ4v) is 3.21. The number of ether oxygens (including phenoxy) is 2. The van der Waals surface area contributed by atoms with Gasteiger partial charge < -0.3 is 19.4 Å². The van der Waals surface area contributed by atoms with E-state index < -0.39 is 0 Å². The minimum atomic E-state index is -0.136. The number of amides is 1. The molecule has 1 unspecified atom stereocenters. The van der Waals surface area contributed by atoms with Crippen molar-refractivity contribution in [1.29, 1.82) is 0 Å². The van der Waals surface area contributed by atoms with E-state index in [2.05, 4.69) is 17.1 Å². The molecule has 0 aliphatic carbocycles. The van der Waals surface area contributed by atoms with Gasteiger partial charge in [0.2, 0.25) is 0 Å². The van der Waals surface area contributed by atoms with Crippen LogP contribution in [0.25, 0.3) is 10.9 Å². The van der Waals surface area contributed by atoms with Gasteiger partial charge >= 0.3 is 0 Å². The number of para-hydroxylation sites is 1. The predicted molar refractivity (Wildman–Crippen MR) is 95.9 cm³/mol. The number of aromatic amines is 1. The first kappa shape index (κ1) is 15.7. The molecule has 25 heavy (non-hydrogen) atoms. The zero-order valence-electron chi connectivity index (χ0n) is 14.1. The van der Waals surface area contributed by atoms with Crippen LogP contribution in [0.1, 0.15) is 22.2 Å². The van der Waals surface area contributed by atoms with Crippen LogP contribution in [0, 0.1) is 0 Å². The topological polar surface area (TPSA) is 54.6 Å². The number of nitrogens with one attached hydrogen (secondary N) is 1. The summed E-state index contributed by atoms with van der Waals surface area (Å²) in [6.07, 6.45) is -0.136. The lowest BCUT2D eigenvalue weighted by molar-refractivity contribution is -0.0244. The molecule has 3 aromatic rings. The number of benzene rings is 2. The summed E-state index contributed by atoms with van der Waals surface area (Å²) in [7, 11) is 1.61. The second kappa shape index (κ2) is 6.61. The van der Waals surface area contributed by atoms with E-state index in [0.29, 0.717) is 25.3 Å². The van der Waals surface area contributed by atoms with Crippen LogP contribution in [0.15, 0.2) is 54.6 Å². The highest BCUT2D eigenvalue weighted by Crippen LogP contribution is 2.26. The van der Waals surface area contributed by atoms with Gasteiger partial charge in [-0.15, -0.1) is 0 Å². The van der Waals surface area contributed by atoms with Gasteiger partial charge in [-0.2, -0.15) is 0 Å². The number of hydrogen-bond donors (Lipinski definition) is 1. The largest absolute Gasteiger partial charge is 0.497 e. The van der Waals surface area contributed by atoms with Gasteiger partial charge in [0.1, 0.15) is 11.9 Å². The van der Waals surface area contributed by atoms with Crippen molar-refractivity contribution >= 4 is 16.8 Å². The Morgan fingerprint density at radius 3 is 2.76 bits per heavy atom. The summed E-state index contributed by atoms with van der Waals surface area (Å²) in [6.45, 7) is 1.67. The number of methoxy groups -OCH3 is 1. The number of H-pyrrole nitrogens is 1. The van der Waals surface area contributed by atoms with Crippen molar-refractivity contribution < 1.29 is 14.3 Å². The molecule has 1 aliphatic heterocycles. The summed E-state index contributed by atoms with van der Waals surface area (Å²) in [6, 6.07) is 17.4. The van der Waals surface area contributed by atoms with Crippen LogP contribution < -0.4 is 4.74 Å². The lowest BCUT2D eigenvalue weighted by atomic mass is 10.1. The molecule has 1 atom stereocenters. The molecule has 1 aromatic heterocycles. The van der Waals surface area contributed by atoms with Crippen LogP contribution in [0.3, 0.4) is 0 Å². The number of carbonyl (C=O) groups is 1. The summed E-state index contributed by atoms with van der Waals surface area (Å²) in [5, 5.41) is 1.15.